The van der Waals surface area contributed by atoms with Gasteiger partial charge in [0.25, 0.3) is 0 Å². The third kappa shape index (κ3) is 2.02. The smallest absolute Gasteiger partial charge is 0.236 e. The van der Waals surface area contributed by atoms with Gasteiger partial charge in [-0.1, -0.05) is 18.2 Å². The highest BCUT2D eigenvalue weighted by Crippen LogP contribution is 2.37. The van der Waals surface area contributed by atoms with Gasteiger partial charge in [0.15, 0.2) is 11.5 Å². The zero-order chi connectivity index (χ0) is 14.3. The minimum absolute atomic E-state index is 0.0216. The average Bonchev–Trinajstić information content (AvgIpc) is 2.76. The molecular weight excluding hydrogens is 291 g/mol. The van der Waals surface area contributed by atoms with Gasteiger partial charge in [0.05, 0.1) is 5.56 Å². The Morgan fingerprint density at radius 2 is 1.80 bits per heavy atom. The molecule has 3 rings (SSSR count). The number of hydrogen-bond donors (Lipinski definition) is 0. The predicted octanol–water partition coefficient (Wildman–Crippen LogP) is 4.12. The lowest BCUT2D eigenvalue weighted by Crippen LogP contribution is -2.07. The Kier molecular flexibility index (Phi) is 2.90. The molecule has 0 unspecified atom stereocenters. The van der Waals surface area contributed by atoms with Crippen LogP contribution in [0.1, 0.15) is 5.56 Å². The van der Waals surface area contributed by atoms with Gasteiger partial charge < -0.3 is 0 Å². The van der Waals surface area contributed by atoms with Gasteiger partial charge >= 0.3 is 6.18 Å². The van der Waals surface area contributed by atoms with Crippen LogP contribution in [0, 0.1) is 0 Å². The first-order valence-corrected chi connectivity index (χ1v) is 5.98. The molecule has 3 nitrogen and oxygen atoms in total. The standard InChI is InChI=1S/C13H7ClF3N3/c14-20-11(19-10-6-3-7-18-12(10)20)8-4-1-2-5-9(8)13(15,16)17/h1-7H. The molecule has 20 heavy (non-hydrogen) atoms. The largest absolute Gasteiger partial charge is 0.417 e. The van der Waals surface area contributed by atoms with Crippen molar-refractivity contribution in [2.45, 2.75) is 6.18 Å². The van der Waals surface area contributed by atoms with Gasteiger partial charge in [-0.05, 0) is 18.2 Å². The Hall–Kier alpha value is -2.08. The van der Waals surface area contributed by atoms with E-state index < -0.39 is 11.7 Å². The van der Waals surface area contributed by atoms with Crippen LogP contribution < -0.4 is 0 Å². The van der Waals surface area contributed by atoms with Crippen LogP contribution in [-0.4, -0.2) is 14.1 Å². The molecule has 102 valence electrons. The van der Waals surface area contributed by atoms with E-state index in [0.29, 0.717) is 11.2 Å². The first kappa shape index (κ1) is 12.9. The normalized spacial score (nSPS) is 12.0. The van der Waals surface area contributed by atoms with Gasteiger partial charge in [-0.25, -0.2) is 14.1 Å². The third-order valence-electron chi connectivity index (χ3n) is 2.84. The number of nitrogens with zero attached hydrogens (tertiary/aromatic N) is 3. The highest BCUT2D eigenvalue weighted by molar-refractivity contribution is 6.20. The van der Waals surface area contributed by atoms with Crippen molar-refractivity contribution in [2.24, 2.45) is 0 Å². The van der Waals surface area contributed by atoms with Crippen LogP contribution in [0.15, 0.2) is 42.6 Å². The topological polar surface area (TPSA) is 30.7 Å². The van der Waals surface area contributed by atoms with Crippen molar-refractivity contribution in [2.75, 3.05) is 0 Å². The summed E-state index contributed by atoms with van der Waals surface area (Å²) < 4.78 is 40.1. The number of benzene rings is 1. The average molecular weight is 298 g/mol. The molecule has 2 aromatic heterocycles. The summed E-state index contributed by atoms with van der Waals surface area (Å²) in [5.74, 6) is 0.0216. The fourth-order valence-corrected chi connectivity index (χ4v) is 2.24. The van der Waals surface area contributed by atoms with Crippen molar-refractivity contribution < 1.29 is 13.2 Å². The zero-order valence-corrected chi connectivity index (χ0v) is 10.7. The van der Waals surface area contributed by atoms with Crippen LogP contribution in [0.25, 0.3) is 22.6 Å². The number of aromatic nitrogens is 3. The third-order valence-corrected chi connectivity index (χ3v) is 3.16. The van der Waals surface area contributed by atoms with Crippen molar-refractivity contribution in [3.8, 4) is 11.4 Å². The quantitative estimate of drug-likeness (QED) is 0.676. The molecular formula is C13H7ClF3N3. The van der Waals surface area contributed by atoms with Crippen molar-refractivity contribution in [1.29, 1.82) is 0 Å². The van der Waals surface area contributed by atoms with Crippen LogP contribution >= 0.6 is 11.8 Å². The lowest BCUT2D eigenvalue weighted by Gasteiger charge is -2.11. The molecule has 0 atom stereocenters. The second kappa shape index (κ2) is 4.49. The molecule has 0 aliphatic rings. The predicted molar refractivity (Wildman–Crippen MR) is 69.2 cm³/mol. The van der Waals surface area contributed by atoms with Gasteiger partial charge in [0.2, 0.25) is 0 Å². The summed E-state index contributed by atoms with van der Waals surface area (Å²) in [6.45, 7) is 0. The minimum Gasteiger partial charge on any atom is -0.236 e. The van der Waals surface area contributed by atoms with Crippen molar-refractivity contribution >= 4 is 22.9 Å². The summed E-state index contributed by atoms with van der Waals surface area (Å²) in [7, 11) is 0. The fraction of sp³-hybridized carbons (Fsp3) is 0.0769. The molecule has 0 radical (unpaired) electrons. The highest BCUT2D eigenvalue weighted by atomic mass is 35.5. The lowest BCUT2D eigenvalue weighted by molar-refractivity contribution is -0.137. The first-order chi connectivity index (χ1) is 9.48. The Balaban J connectivity index is 2.29. The Morgan fingerprint density at radius 1 is 1.05 bits per heavy atom. The van der Waals surface area contributed by atoms with E-state index in [9.17, 15) is 13.2 Å². The van der Waals surface area contributed by atoms with Crippen molar-refractivity contribution in [3.05, 3.63) is 48.2 Å². The van der Waals surface area contributed by atoms with Crippen LogP contribution in [-0.2, 0) is 6.18 Å². The first-order valence-electron chi connectivity index (χ1n) is 5.64. The van der Waals surface area contributed by atoms with E-state index in [1.807, 2.05) is 0 Å². The van der Waals surface area contributed by atoms with Crippen LogP contribution in [0.4, 0.5) is 13.2 Å². The van der Waals surface area contributed by atoms with E-state index >= 15 is 0 Å². The number of fused-ring (bicyclic) bond motifs is 1. The monoisotopic (exact) mass is 297 g/mol. The van der Waals surface area contributed by atoms with E-state index in [2.05, 4.69) is 9.97 Å². The van der Waals surface area contributed by atoms with Gasteiger partial charge in [-0.3, -0.25) is 0 Å². The molecule has 1 aromatic carbocycles. The molecule has 0 spiro atoms. The summed E-state index contributed by atoms with van der Waals surface area (Å²) in [5.41, 5.74) is -0.0965. The number of pyridine rings is 1. The molecule has 0 saturated heterocycles. The second-order valence-corrected chi connectivity index (χ2v) is 4.44. The molecule has 0 aliphatic carbocycles. The summed E-state index contributed by atoms with van der Waals surface area (Å²) in [4.78, 5) is 8.13. The van der Waals surface area contributed by atoms with Crippen molar-refractivity contribution in [3.63, 3.8) is 0 Å². The SMILES string of the molecule is FC(F)(F)c1ccccc1-c1nc2cccnc2n1Cl. The summed E-state index contributed by atoms with van der Waals surface area (Å²) in [5, 5.41) is 0. The van der Waals surface area contributed by atoms with Crippen LogP contribution in [0.5, 0.6) is 0 Å². The minimum atomic E-state index is -4.47. The van der Waals surface area contributed by atoms with Crippen molar-refractivity contribution in [1.82, 2.24) is 14.1 Å². The fourth-order valence-electron chi connectivity index (χ4n) is 1.98. The van der Waals surface area contributed by atoms with E-state index in [1.54, 1.807) is 12.1 Å². The van der Waals surface area contributed by atoms with Crippen LogP contribution in [0.2, 0.25) is 0 Å². The maximum Gasteiger partial charge on any atom is 0.417 e. The Bertz CT molecular complexity index is 780. The molecule has 0 fully saturated rings. The van der Waals surface area contributed by atoms with Crippen LogP contribution in [0.3, 0.4) is 0 Å². The number of alkyl halides is 3. The molecule has 0 bridgehead atoms. The van der Waals surface area contributed by atoms with E-state index in [1.165, 1.54) is 24.4 Å². The van der Waals surface area contributed by atoms with E-state index in [4.69, 9.17) is 11.8 Å². The summed E-state index contributed by atoms with van der Waals surface area (Å²) in [6.07, 6.45) is -2.97. The Labute approximate surface area is 116 Å². The number of imidazole rings is 1. The molecule has 0 saturated carbocycles. The van der Waals surface area contributed by atoms with E-state index in [0.717, 1.165) is 10.2 Å². The molecule has 3 aromatic rings. The Morgan fingerprint density at radius 3 is 2.50 bits per heavy atom. The summed E-state index contributed by atoms with van der Waals surface area (Å²) >= 11 is 6.04. The lowest BCUT2D eigenvalue weighted by atomic mass is 10.1. The molecule has 0 amide bonds. The maximum absolute atomic E-state index is 13.0. The second-order valence-electron chi connectivity index (χ2n) is 4.11. The molecule has 2 heterocycles. The number of halogens is 4. The summed E-state index contributed by atoms with van der Waals surface area (Å²) in [6, 6.07) is 8.45. The maximum atomic E-state index is 13.0. The molecule has 0 N–H and O–H groups in total. The highest BCUT2D eigenvalue weighted by Gasteiger charge is 2.34. The van der Waals surface area contributed by atoms with E-state index in [-0.39, 0.29) is 11.4 Å². The molecule has 0 aliphatic heterocycles. The van der Waals surface area contributed by atoms with Gasteiger partial charge in [-0.15, -0.1) is 0 Å². The van der Waals surface area contributed by atoms with Gasteiger partial charge in [0.1, 0.15) is 5.52 Å². The molecule has 7 heteroatoms. The number of rotatable bonds is 1. The zero-order valence-electron chi connectivity index (χ0n) is 9.89. The number of hydrogen-bond acceptors (Lipinski definition) is 2. The van der Waals surface area contributed by atoms with Gasteiger partial charge in [-0.2, -0.15) is 13.2 Å². The van der Waals surface area contributed by atoms with Gasteiger partial charge in [0, 0.05) is 23.5 Å².